The Morgan fingerprint density at radius 2 is 1.89 bits per heavy atom. The number of nitrogens with zero attached hydrogens (tertiary/aromatic N) is 1. The zero-order valence-electron chi connectivity index (χ0n) is 14.8. The van der Waals surface area contributed by atoms with Crippen molar-refractivity contribution >= 4 is 33.2 Å². The summed E-state index contributed by atoms with van der Waals surface area (Å²) in [7, 11) is -3.64. The number of amides is 1. The summed E-state index contributed by atoms with van der Waals surface area (Å²) in [4.78, 5) is 12.5. The zero-order valence-corrected chi connectivity index (χ0v) is 16.4. The predicted octanol–water partition coefficient (Wildman–Crippen LogP) is 4.15. The molecule has 2 aromatic carbocycles. The van der Waals surface area contributed by atoms with Crippen LogP contribution in [-0.2, 0) is 10.0 Å². The van der Waals surface area contributed by atoms with Gasteiger partial charge in [0, 0.05) is 24.3 Å². The zero-order chi connectivity index (χ0) is 19.6. The number of benzene rings is 2. The molecule has 0 saturated carbocycles. The third-order valence-electron chi connectivity index (χ3n) is 4.65. The minimum absolute atomic E-state index is 0.0850. The fourth-order valence-corrected chi connectivity index (χ4v) is 4.65. The number of halogens is 2. The molecule has 1 aliphatic heterocycles. The minimum Gasteiger partial charge on any atom is -0.322 e. The van der Waals surface area contributed by atoms with Gasteiger partial charge in [0.15, 0.2) is 0 Å². The monoisotopic (exact) mass is 410 g/mol. The Morgan fingerprint density at radius 3 is 2.56 bits per heavy atom. The Kier molecular flexibility index (Phi) is 5.83. The van der Waals surface area contributed by atoms with Crippen molar-refractivity contribution in [3.8, 4) is 0 Å². The van der Waals surface area contributed by atoms with Gasteiger partial charge < -0.3 is 5.32 Å². The van der Waals surface area contributed by atoms with Crippen LogP contribution < -0.4 is 5.32 Å². The first kappa shape index (κ1) is 19.8. The first-order valence-electron chi connectivity index (χ1n) is 8.64. The molecule has 0 bridgehead atoms. The maximum absolute atomic E-state index is 13.2. The van der Waals surface area contributed by atoms with Crippen molar-refractivity contribution in [2.24, 2.45) is 5.92 Å². The highest BCUT2D eigenvalue weighted by molar-refractivity contribution is 7.89. The van der Waals surface area contributed by atoms with Crippen LogP contribution in [0.15, 0.2) is 47.4 Å². The molecule has 1 fully saturated rings. The molecule has 2 aromatic rings. The van der Waals surface area contributed by atoms with Gasteiger partial charge in [0.05, 0.1) is 9.92 Å². The van der Waals surface area contributed by atoms with E-state index in [2.05, 4.69) is 12.2 Å². The molecule has 0 spiro atoms. The average Bonchev–Trinajstić information content (AvgIpc) is 2.65. The molecule has 1 heterocycles. The van der Waals surface area contributed by atoms with E-state index in [0.717, 1.165) is 18.9 Å². The maximum atomic E-state index is 13.2. The second-order valence-electron chi connectivity index (χ2n) is 6.70. The normalized spacial score (nSPS) is 16.3. The Labute approximate surface area is 163 Å². The Morgan fingerprint density at radius 1 is 1.19 bits per heavy atom. The number of anilines is 1. The summed E-state index contributed by atoms with van der Waals surface area (Å²) in [6.07, 6.45) is 1.65. The highest BCUT2D eigenvalue weighted by Gasteiger charge is 2.28. The van der Waals surface area contributed by atoms with Crippen LogP contribution in [-0.4, -0.2) is 31.7 Å². The fraction of sp³-hybridized carbons (Fsp3) is 0.316. The number of piperidine rings is 1. The van der Waals surface area contributed by atoms with Gasteiger partial charge in [0.2, 0.25) is 10.0 Å². The molecule has 5 nitrogen and oxygen atoms in total. The molecule has 0 radical (unpaired) electrons. The van der Waals surface area contributed by atoms with Crippen LogP contribution >= 0.6 is 11.6 Å². The van der Waals surface area contributed by atoms with E-state index in [1.165, 1.54) is 40.7 Å². The number of hydrogen-bond acceptors (Lipinski definition) is 3. The van der Waals surface area contributed by atoms with Crippen LogP contribution in [0.2, 0.25) is 5.02 Å². The topological polar surface area (TPSA) is 66.5 Å². The van der Waals surface area contributed by atoms with Crippen molar-refractivity contribution < 1.29 is 17.6 Å². The van der Waals surface area contributed by atoms with Gasteiger partial charge in [-0.3, -0.25) is 4.79 Å². The number of rotatable bonds is 4. The third kappa shape index (κ3) is 4.48. The summed E-state index contributed by atoms with van der Waals surface area (Å²) in [5.74, 6) is -0.573. The van der Waals surface area contributed by atoms with E-state index in [1.54, 1.807) is 0 Å². The van der Waals surface area contributed by atoms with E-state index in [-0.39, 0.29) is 15.5 Å². The van der Waals surface area contributed by atoms with Crippen molar-refractivity contribution in [3.63, 3.8) is 0 Å². The van der Waals surface area contributed by atoms with Crippen LogP contribution in [0.4, 0.5) is 10.1 Å². The molecular formula is C19H20ClFN2O3S. The lowest BCUT2D eigenvalue weighted by atomic mass is 10.0. The highest BCUT2D eigenvalue weighted by atomic mass is 35.5. The lowest BCUT2D eigenvalue weighted by molar-refractivity contribution is 0.102. The average molecular weight is 411 g/mol. The Balaban J connectivity index is 1.80. The van der Waals surface area contributed by atoms with Crippen molar-refractivity contribution in [2.45, 2.75) is 24.7 Å². The quantitative estimate of drug-likeness (QED) is 0.823. The van der Waals surface area contributed by atoms with Gasteiger partial charge in [-0.25, -0.2) is 12.8 Å². The van der Waals surface area contributed by atoms with Gasteiger partial charge in [-0.2, -0.15) is 4.31 Å². The van der Waals surface area contributed by atoms with Gasteiger partial charge >= 0.3 is 0 Å². The van der Waals surface area contributed by atoms with Gasteiger partial charge in [-0.1, -0.05) is 24.6 Å². The second-order valence-corrected chi connectivity index (χ2v) is 9.04. The molecule has 27 heavy (non-hydrogen) atoms. The summed E-state index contributed by atoms with van der Waals surface area (Å²) in [5, 5.41) is 2.48. The van der Waals surface area contributed by atoms with E-state index in [0.29, 0.717) is 24.7 Å². The number of carbonyl (C=O) groups is 1. The molecule has 1 amide bonds. The SMILES string of the molecule is CC1CCN(S(=O)(=O)c2cccc(C(=O)Nc3ccc(F)c(Cl)c3)c2)CC1. The number of hydrogen-bond donors (Lipinski definition) is 1. The van der Waals surface area contributed by atoms with Crippen LogP contribution in [0.1, 0.15) is 30.1 Å². The molecular weight excluding hydrogens is 391 g/mol. The molecule has 8 heteroatoms. The number of sulfonamides is 1. The van der Waals surface area contributed by atoms with Crippen molar-refractivity contribution in [3.05, 3.63) is 58.9 Å². The molecule has 1 N–H and O–H groups in total. The van der Waals surface area contributed by atoms with Gasteiger partial charge in [0.25, 0.3) is 5.91 Å². The third-order valence-corrected chi connectivity index (χ3v) is 6.84. The smallest absolute Gasteiger partial charge is 0.255 e. The first-order chi connectivity index (χ1) is 12.8. The highest BCUT2D eigenvalue weighted by Crippen LogP contribution is 2.24. The molecule has 1 aliphatic rings. The summed E-state index contributed by atoms with van der Waals surface area (Å²) < 4.78 is 40.4. The van der Waals surface area contributed by atoms with Gasteiger partial charge in [0.1, 0.15) is 5.82 Å². The van der Waals surface area contributed by atoms with E-state index in [9.17, 15) is 17.6 Å². The van der Waals surface area contributed by atoms with Crippen molar-refractivity contribution in [2.75, 3.05) is 18.4 Å². The lowest BCUT2D eigenvalue weighted by Gasteiger charge is -2.29. The fourth-order valence-electron chi connectivity index (χ4n) is 2.95. The van der Waals surface area contributed by atoms with E-state index < -0.39 is 21.7 Å². The molecule has 0 aliphatic carbocycles. The molecule has 0 atom stereocenters. The Bertz CT molecular complexity index is 957. The Hall–Kier alpha value is -1.96. The minimum atomic E-state index is -3.64. The van der Waals surface area contributed by atoms with Crippen LogP contribution in [0.3, 0.4) is 0 Å². The standard InChI is InChI=1S/C19H20ClFN2O3S/c1-13-7-9-23(10-8-13)27(25,26)16-4-2-3-14(11-16)19(24)22-15-5-6-18(21)17(20)12-15/h2-6,11-13H,7-10H2,1H3,(H,22,24). The first-order valence-corrected chi connectivity index (χ1v) is 10.5. The van der Waals surface area contributed by atoms with Crippen LogP contribution in [0, 0.1) is 11.7 Å². The van der Waals surface area contributed by atoms with E-state index in [1.807, 2.05) is 0 Å². The maximum Gasteiger partial charge on any atom is 0.255 e. The largest absolute Gasteiger partial charge is 0.322 e. The lowest BCUT2D eigenvalue weighted by Crippen LogP contribution is -2.37. The summed E-state index contributed by atoms with van der Waals surface area (Å²) in [5.41, 5.74) is 0.520. The number of nitrogens with one attached hydrogen (secondary N) is 1. The summed E-state index contributed by atoms with van der Waals surface area (Å²) in [6.45, 7) is 3.07. The van der Waals surface area contributed by atoms with Crippen molar-refractivity contribution in [1.29, 1.82) is 0 Å². The van der Waals surface area contributed by atoms with Gasteiger partial charge in [-0.05, 0) is 55.2 Å². The molecule has 0 unspecified atom stereocenters. The molecule has 0 aromatic heterocycles. The van der Waals surface area contributed by atoms with Gasteiger partial charge in [-0.15, -0.1) is 0 Å². The number of carbonyl (C=O) groups excluding carboxylic acids is 1. The van der Waals surface area contributed by atoms with Crippen molar-refractivity contribution in [1.82, 2.24) is 4.31 Å². The van der Waals surface area contributed by atoms with E-state index >= 15 is 0 Å². The van der Waals surface area contributed by atoms with E-state index in [4.69, 9.17) is 11.6 Å². The molecule has 1 saturated heterocycles. The van der Waals surface area contributed by atoms with Crippen LogP contribution in [0.25, 0.3) is 0 Å². The second kappa shape index (κ2) is 7.96. The molecule has 3 rings (SSSR count). The van der Waals surface area contributed by atoms with Crippen LogP contribution in [0.5, 0.6) is 0 Å². The summed E-state index contributed by atoms with van der Waals surface area (Å²) >= 11 is 5.71. The predicted molar refractivity (Wildman–Crippen MR) is 103 cm³/mol. The summed E-state index contributed by atoms with van der Waals surface area (Å²) in [6, 6.07) is 9.73. The molecule has 144 valence electrons.